The van der Waals surface area contributed by atoms with Gasteiger partial charge in [0.25, 0.3) is 0 Å². The molecule has 0 saturated carbocycles. The zero-order valence-electron chi connectivity index (χ0n) is 17.7. The molecule has 0 saturated heterocycles. The average molecular weight is 422 g/mol. The van der Waals surface area contributed by atoms with Crippen molar-refractivity contribution in [3.05, 3.63) is 103 Å². The lowest BCUT2D eigenvalue weighted by Crippen LogP contribution is -2.05. The van der Waals surface area contributed by atoms with E-state index in [2.05, 4.69) is 37.3 Å². The van der Waals surface area contributed by atoms with Crippen LogP contribution in [0, 0.1) is 0 Å². The van der Waals surface area contributed by atoms with Crippen LogP contribution in [0.15, 0.2) is 97.2 Å². The van der Waals surface area contributed by atoms with E-state index in [1.165, 1.54) is 5.56 Å². The van der Waals surface area contributed by atoms with Gasteiger partial charge >= 0.3 is 0 Å². The minimum Gasteiger partial charge on any atom is -0.457 e. The smallest absolute Gasteiger partial charge is 0.203 e. The fraction of sp³-hybridized carbons (Fsp3) is 0.0769. The second-order valence-electron chi connectivity index (χ2n) is 7.38. The van der Waals surface area contributed by atoms with Crippen molar-refractivity contribution in [3.63, 3.8) is 0 Å². The molecule has 2 aromatic heterocycles. The molecule has 32 heavy (non-hydrogen) atoms. The largest absolute Gasteiger partial charge is 0.457 e. The molecule has 2 N–H and O–H groups in total. The third kappa shape index (κ3) is 4.25. The molecule has 6 nitrogen and oxygen atoms in total. The first-order valence-electron chi connectivity index (χ1n) is 10.5. The number of benzene rings is 3. The van der Waals surface area contributed by atoms with E-state index in [1.54, 1.807) is 6.20 Å². The third-order valence-corrected chi connectivity index (χ3v) is 5.13. The van der Waals surface area contributed by atoms with Crippen LogP contribution < -0.4 is 15.4 Å². The van der Waals surface area contributed by atoms with Crippen LogP contribution in [0.1, 0.15) is 5.56 Å². The summed E-state index contributed by atoms with van der Waals surface area (Å²) in [5.74, 6) is 3.11. The highest BCUT2D eigenvalue weighted by Gasteiger charge is 2.12. The maximum absolute atomic E-state index is 5.95. The van der Waals surface area contributed by atoms with Crippen LogP contribution >= 0.6 is 0 Å². The zero-order valence-corrected chi connectivity index (χ0v) is 17.7. The fourth-order valence-electron chi connectivity index (χ4n) is 3.62. The Hall–Kier alpha value is -4.32. The number of aromatic nitrogens is 3. The highest BCUT2D eigenvalue weighted by molar-refractivity contribution is 5.81. The van der Waals surface area contributed by atoms with Crippen molar-refractivity contribution in [1.82, 2.24) is 14.5 Å². The minimum atomic E-state index is 0.720. The summed E-state index contributed by atoms with van der Waals surface area (Å²) in [4.78, 5) is 9.23. The van der Waals surface area contributed by atoms with Gasteiger partial charge in [-0.15, -0.1) is 0 Å². The third-order valence-electron chi connectivity index (χ3n) is 5.13. The molecular formula is C26H23N5O. The van der Waals surface area contributed by atoms with E-state index in [0.717, 1.165) is 46.5 Å². The number of nitrogens with one attached hydrogen (secondary N) is 2. The quantitative estimate of drug-likeness (QED) is 0.335. The molecule has 0 amide bonds. The van der Waals surface area contributed by atoms with E-state index < -0.39 is 0 Å². The standard InChI is InChI=1S/C26H23N5O/c1-27-26-30-23-17-28-25(16-24(23)31(26)18-19-9-4-2-5-10-19)29-20-11-8-14-22(15-20)32-21-12-6-3-7-13-21/h2-17H,18H2,1H3,(H,27,30)(H,28,29). The number of rotatable bonds is 7. The number of ether oxygens (including phenoxy) is 1. The van der Waals surface area contributed by atoms with Gasteiger partial charge in [-0.3, -0.25) is 0 Å². The molecule has 3 aromatic carbocycles. The molecule has 2 heterocycles. The van der Waals surface area contributed by atoms with Crippen LogP contribution in [0.4, 0.5) is 17.5 Å². The van der Waals surface area contributed by atoms with Crippen molar-refractivity contribution in [3.8, 4) is 11.5 Å². The van der Waals surface area contributed by atoms with Gasteiger partial charge in [0.05, 0.1) is 18.3 Å². The van der Waals surface area contributed by atoms with Crippen molar-refractivity contribution in [2.24, 2.45) is 0 Å². The van der Waals surface area contributed by atoms with Crippen molar-refractivity contribution >= 4 is 28.5 Å². The van der Waals surface area contributed by atoms with E-state index in [-0.39, 0.29) is 0 Å². The lowest BCUT2D eigenvalue weighted by Gasteiger charge is -2.11. The van der Waals surface area contributed by atoms with Gasteiger partial charge in [-0.05, 0) is 29.8 Å². The molecule has 158 valence electrons. The highest BCUT2D eigenvalue weighted by Crippen LogP contribution is 2.27. The summed E-state index contributed by atoms with van der Waals surface area (Å²) in [5, 5.41) is 6.58. The Bertz CT molecular complexity index is 1330. The van der Waals surface area contributed by atoms with Crippen LogP contribution in [0.3, 0.4) is 0 Å². The van der Waals surface area contributed by atoms with Crippen LogP contribution in [-0.2, 0) is 6.54 Å². The van der Waals surface area contributed by atoms with Crippen LogP contribution in [-0.4, -0.2) is 21.6 Å². The summed E-state index contributed by atoms with van der Waals surface area (Å²) in [5.41, 5.74) is 3.96. The molecule has 0 unspecified atom stereocenters. The van der Waals surface area contributed by atoms with Crippen molar-refractivity contribution in [2.45, 2.75) is 6.54 Å². The Morgan fingerprint density at radius 1 is 0.844 bits per heavy atom. The molecule has 0 aliphatic heterocycles. The van der Waals surface area contributed by atoms with Gasteiger partial charge in [0.2, 0.25) is 5.95 Å². The monoisotopic (exact) mass is 421 g/mol. The van der Waals surface area contributed by atoms with Gasteiger partial charge in [-0.2, -0.15) is 0 Å². The maximum atomic E-state index is 5.95. The van der Waals surface area contributed by atoms with Gasteiger partial charge in [0, 0.05) is 24.9 Å². The molecule has 0 radical (unpaired) electrons. The average Bonchev–Trinajstić information content (AvgIpc) is 3.17. The molecule has 5 rings (SSSR count). The van der Waals surface area contributed by atoms with Gasteiger partial charge in [-0.25, -0.2) is 9.97 Å². The number of pyridine rings is 1. The van der Waals surface area contributed by atoms with Crippen molar-refractivity contribution in [1.29, 1.82) is 0 Å². The topological polar surface area (TPSA) is 64.0 Å². The summed E-state index contributed by atoms with van der Waals surface area (Å²) in [6.45, 7) is 0.720. The van der Waals surface area contributed by atoms with Gasteiger partial charge in [-0.1, -0.05) is 54.6 Å². The van der Waals surface area contributed by atoms with E-state index in [0.29, 0.717) is 0 Å². The Morgan fingerprint density at radius 3 is 2.38 bits per heavy atom. The molecule has 0 fully saturated rings. The summed E-state index contributed by atoms with van der Waals surface area (Å²) in [6, 6.07) is 30.0. The SMILES string of the molecule is CNc1nc2cnc(Nc3cccc(Oc4ccccc4)c3)cc2n1Cc1ccccc1. The molecule has 0 spiro atoms. The Balaban J connectivity index is 1.42. The van der Waals surface area contributed by atoms with Crippen molar-refractivity contribution in [2.75, 3.05) is 17.7 Å². The fourth-order valence-corrected chi connectivity index (χ4v) is 3.62. The molecule has 0 bridgehead atoms. The Kier molecular flexibility index (Phi) is 5.41. The molecule has 0 aliphatic carbocycles. The van der Waals surface area contributed by atoms with Crippen LogP contribution in [0.25, 0.3) is 11.0 Å². The summed E-state index contributed by atoms with van der Waals surface area (Å²) >= 11 is 0. The highest BCUT2D eigenvalue weighted by atomic mass is 16.5. The lowest BCUT2D eigenvalue weighted by atomic mass is 10.2. The molecule has 0 aliphatic rings. The number of nitrogens with zero attached hydrogens (tertiary/aromatic N) is 3. The maximum Gasteiger partial charge on any atom is 0.203 e. The molecule has 0 atom stereocenters. The number of anilines is 3. The summed E-state index contributed by atoms with van der Waals surface area (Å²) in [6.07, 6.45) is 1.80. The number of hydrogen-bond acceptors (Lipinski definition) is 5. The van der Waals surface area contributed by atoms with E-state index in [1.807, 2.05) is 85.9 Å². The normalized spacial score (nSPS) is 10.8. The predicted octanol–water partition coefficient (Wildman–Crippen LogP) is 6.06. The first kappa shape index (κ1) is 19.6. The number of para-hydroxylation sites is 1. The van der Waals surface area contributed by atoms with Gasteiger partial charge in [0.1, 0.15) is 22.8 Å². The second-order valence-corrected chi connectivity index (χ2v) is 7.38. The van der Waals surface area contributed by atoms with Crippen molar-refractivity contribution < 1.29 is 4.74 Å². The predicted molar refractivity (Wildman–Crippen MR) is 129 cm³/mol. The van der Waals surface area contributed by atoms with Gasteiger partial charge in [0.15, 0.2) is 0 Å². The van der Waals surface area contributed by atoms with E-state index in [4.69, 9.17) is 4.74 Å². The first-order chi connectivity index (χ1) is 15.8. The summed E-state index contributed by atoms with van der Waals surface area (Å²) in [7, 11) is 1.88. The first-order valence-corrected chi connectivity index (χ1v) is 10.5. The van der Waals surface area contributed by atoms with Crippen LogP contribution in [0.2, 0.25) is 0 Å². The second kappa shape index (κ2) is 8.81. The zero-order chi connectivity index (χ0) is 21.8. The molecule has 6 heteroatoms. The Morgan fingerprint density at radius 2 is 1.59 bits per heavy atom. The Labute approximate surface area is 186 Å². The van der Waals surface area contributed by atoms with E-state index in [9.17, 15) is 0 Å². The number of hydrogen-bond donors (Lipinski definition) is 2. The van der Waals surface area contributed by atoms with Crippen LogP contribution in [0.5, 0.6) is 11.5 Å². The number of imidazole rings is 1. The van der Waals surface area contributed by atoms with E-state index >= 15 is 0 Å². The van der Waals surface area contributed by atoms with Gasteiger partial charge < -0.3 is 19.9 Å². The molecular weight excluding hydrogens is 398 g/mol. The lowest BCUT2D eigenvalue weighted by molar-refractivity contribution is 0.483. The minimum absolute atomic E-state index is 0.720. The molecule has 5 aromatic rings. The number of fused-ring (bicyclic) bond motifs is 1. The summed E-state index contributed by atoms with van der Waals surface area (Å²) < 4.78 is 8.11.